The van der Waals surface area contributed by atoms with Crippen molar-refractivity contribution in [3.8, 4) is 0 Å². The largest absolute Gasteiger partial charge is 0.369 e. The van der Waals surface area contributed by atoms with Crippen LogP contribution in [-0.2, 0) is 14.8 Å². The van der Waals surface area contributed by atoms with E-state index in [1.807, 2.05) is 4.90 Å². The zero-order valence-corrected chi connectivity index (χ0v) is 19.4. The van der Waals surface area contributed by atoms with Crippen LogP contribution in [0.3, 0.4) is 0 Å². The number of amides is 2. The van der Waals surface area contributed by atoms with Crippen molar-refractivity contribution in [2.75, 3.05) is 36.4 Å². The predicted octanol–water partition coefficient (Wildman–Crippen LogP) is 2.21. The molecular formula is C22H28FN5O4S. The summed E-state index contributed by atoms with van der Waals surface area (Å²) in [4.78, 5) is 30.3. The lowest BCUT2D eigenvalue weighted by molar-refractivity contribution is -0.122. The second-order valence-electron chi connectivity index (χ2n) is 7.78. The number of aromatic nitrogens is 1. The molecule has 1 saturated heterocycles. The van der Waals surface area contributed by atoms with E-state index in [-0.39, 0.29) is 35.4 Å². The van der Waals surface area contributed by atoms with E-state index in [0.29, 0.717) is 18.1 Å². The van der Waals surface area contributed by atoms with Crippen LogP contribution in [0.5, 0.6) is 0 Å². The Morgan fingerprint density at radius 1 is 1.24 bits per heavy atom. The van der Waals surface area contributed by atoms with Crippen molar-refractivity contribution in [2.24, 2.45) is 11.7 Å². The van der Waals surface area contributed by atoms with E-state index in [1.165, 1.54) is 10.5 Å². The van der Waals surface area contributed by atoms with E-state index in [0.717, 1.165) is 37.6 Å². The average Bonchev–Trinajstić information content (AvgIpc) is 2.80. The summed E-state index contributed by atoms with van der Waals surface area (Å²) in [5.41, 5.74) is 5.36. The number of nitrogens with zero attached hydrogens (tertiary/aromatic N) is 3. The van der Waals surface area contributed by atoms with Crippen LogP contribution in [-0.4, -0.2) is 55.7 Å². The molecule has 9 nitrogen and oxygen atoms in total. The quantitative estimate of drug-likeness (QED) is 0.600. The van der Waals surface area contributed by atoms with Crippen molar-refractivity contribution in [1.82, 2.24) is 9.29 Å². The molecule has 1 fully saturated rings. The van der Waals surface area contributed by atoms with Gasteiger partial charge in [0.1, 0.15) is 11.6 Å². The van der Waals surface area contributed by atoms with Gasteiger partial charge >= 0.3 is 0 Å². The second-order valence-corrected chi connectivity index (χ2v) is 9.72. The van der Waals surface area contributed by atoms with Crippen molar-refractivity contribution in [1.29, 1.82) is 0 Å². The van der Waals surface area contributed by atoms with Gasteiger partial charge in [0, 0.05) is 26.2 Å². The molecule has 178 valence electrons. The molecule has 2 amide bonds. The highest BCUT2D eigenvalue weighted by molar-refractivity contribution is 7.89. The lowest BCUT2D eigenvalue weighted by Crippen LogP contribution is -2.41. The van der Waals surface area contributed by atoms with E-state index >= 15 is 0 Å². The van der Waals surface area contributed by atoms with Crippen LogP contribution < -0.4 is 16.0 Å². The van der Waals surface area contributed by atoms with Crippen LogP contribution in [0.2, 0.25) is 0 Å². The maximum absolute atomic E-state index is 14.4. The Kier molecular flexibility index (Phi) is 7.65. The topological polar surface area (TPSA) is 126 Å². The molecule has 0 radical (unpaired) electrons. The number of rotatable bonds is 8. The number of pyridine rings is 1. The molecule has 0 saturated carbocycles. The molecule has 3 N–H and O–H groups in total. The summed E-state index contributed by atoms with van der Waals surface area (Å²) >= 11 is 0. The molecule has 2 heterocycles. The summed E-state index contributed by atoms with van der Waals surface area (Å²) in [5, 5.41) is 2.55. The molecule has 1 unspecified atom stereocenters. The molecule has 2 aromatic rings. The van der Waals surface area contributed by atoms with Gasteiger partial charge in [0.05, 0.1) is 28.3 Å². The van der Waals surface area contributed by atoms with Crippen molar-refractivity contribution in [3.05, 3.63) is 47.9 Å². The van der Waals surface area contributed by atoms with Crippen LogP contribution in [0.1, 0.15) is 37.0 Å². The number of primary amides is 1. The highest BCUT2D eigenvalue weighted by atomic mass is 32.2. The fourth-order valence-electron chi connectivity index (χ4n) is 3.81. The molecule has 1 aromatic carbocycles. The van der Waals surface area contributed by atoms with Crippen molar-refractivity contribution in [3.63, 3.8) is 0 Å². The monoisotopic (exact) mass is 477 g/mol. The van der Waals surface area contributed by atoms with Gasteiger partial charge in [-0.05, 0) is 43.2 Å². The molecule has 1 aliphatic rings. The van der Waals surface area contributed by atoms with Gasteiger partial charge in [-0.25, -0.2) is 17.8 Å². The molecule has 1 atom stereocenters. The Bertz CT molecular complexity index is 1120. The van der Waals surface area contributed by atoms with Gasteiger partial charge in [0.15, 0.2) is 0 Å². The number of carbonyl (C=O) groups excluding carboxylic acids is 2. The van der Waals surface area contributed by atoms with Crippen molar-refractivity contribution in [2.45, 2.75) is 31.6 Å². The summed E-state index contributed by atoms with van der Waals surface area (Å²) < 4.78 is 41.0. The molecular weight excluding hydrogens is 449 g/mol. The Morgan fingerprint density at radius 2 is 1.97 bits per heavy atom. The Labute approximate surface area is 192 Å². The van der Waals surface area contributed by atoms with Gasteiger partial charge in [0.2, 0.25) is 15.9 Å². The van der Waals surface area contributed by atoms with Gasteiger partial charge in [-0.1, -0.05) is 13.8 Å². The third-order valence-corrected chi connectivity index (χ3v) is 7.73. The number of anilines is 2. The van der Waals surface area contributed by atoms with Gasteiger partial charge in [-0.3, -0.25) is 9.59 Å². The molecule has 0 bridgehead atoms. The minimum Gasteiger partial charge on any atom is -0.369 e. The Balaban J connectivity index is 1.76. The zero-order valence-electron chi connectivity index (χ0n) is 18.6. The number of nitrogens with one attached hydrogen (secondary N) is 1. The van der Waals surface area contributed by atoms with E-state index in [4.69, 9.17) is 5.73 Å². The molecule has 33 heavy (non-hydrogen) atoms. The Hall–Kier alpha value is -3.05. The minimum absolute atomic E-state index is 0.152. The highest BCUT2D eigenvalue weighted by Gasteiger charge is 2.26. The average molecular weight is 478 g/mol. The first-order valence-corrected chi connectivity index (χ1v) is 12.2. The van der Waals surface area contributed by atoms with Crippen molar-refractivity contribution < 1.29 is 22.4 Å². The van der Waals surface area contributed by atoms with E-state index in [1.54, 1.807) is 26.0 Å². The maximum atomic E-state index is 14.4. The number of nitrogens with two attached hydrogens (primary N) is 1. The van der Waals surface area contributed by atoms with Crippen LogP contribution >= 0.6 is 0 Å². The Morgan fingerprint density at radius 3 is 2.58 bits per heavy atom. The van der Waals surface area contributed by atoms with Gasteiger partial charge < -0.3 is 16.0 Å². The van der Waals surface area contributed by atoms with Crippen molar-refractivity contribution >= 4 is 33.3 Å². The van der Waals surface area contributed by atoms with E-state index < -0.39 is 21.7 Å². The fraction of sp³-hybridized carbons (Fsp3) is 0.409. The number of halogens is 1. The standard InChI is InChI=1S/C22H28FN5O4S/c1-3-28(4-2)33(31,32)17-8-9-19(23)18(12-17)22(30)26-16-7-10-20(25-13-16)27-11-5-6-15(14-27)21(24)29/h7-10,12-13,15H,3-6,11,14H2,1-2H3,(H2,24,29)(H,26,30). The third-order valence-electron chi connectivity index (χ3n) is 5.68. The van der Waals surface area contributed by atoms with Gasteiger partial charge in [-0.2, -0.15) is 4.31 Å². The summed E-state index contributed by atoms with van der Waals surface area (Å²) in [6.07, 6.45) is 2.99. The molecule has 0 aliphatic carbocycles. The van der Waals surface area contributed by atoms with Gasteiger partial charge in [0.25, 0.3) is 5.91 Å². The summed E-state index contributed by atoms with van der Waals surface area (Å²) in [6.45, 7) is 5.13. The molecule has 0 spiro atoms. The molecule has 11 heteroatoms. The number of benzene rings is 1. The van der Waals surface area contributed by atoms with Crippen LogP contribution in [0.25, 0.3) is 0 Å². The van der Waals surface area contributed by atoms with Crippen LogP contribution in [0.4, 0.5) is 15.9 Å². The minimum atomic E-state index is -3.84. The third kappa shape index (κ3) is 5.48. The fourth-order valence-corrected chi connectivity index (χ4v) is 5.30. The zero-order chi connectivity index (χ0) is 24.2. The number of hydrogen-bond donors (Lipinski definition) is 2. The lowest BCUT2D eigenvalue weighted by atomic mass is 9.97. The van der Waals surface area contributed by atoms with Gasteiger partial charge in [-0.15, -0.1) is 0 Å². The van der Waals surface area contributed by atoms with E-state index in [2.05, 4.69) is 10.3 Å². The molecule has 1 aliphatic heterocycles. The van der Waals surface area contributed by atoms with E-state index in [9.17, 15) is 22.4 Å². The lowest BCUT2D eigenvalue weighted by Gasteiger charge is -2.32. The summed E-state index contributed by atoms with van der Waals surface area (Å²) in [7, 11) is -3.84. The first kappa shape index (κ1) is 24.6. The summed E-state index contributed by atoms with van der Waals surface area (Å²) in [6, 6.07) is 6.46. The smallest absolute Gasteiger partial charge is 0.258 e. The number of sulfonamides is 1. The maximum Gasteiger partial charge on any atom is 0.258 e. The first-order valence-electron chi connectivity index (χ1n) is 10.8. The SMILES string of the molecule is CCN(CC)S(=O)(=O)c1ccc(F)c(C(=O)Nc2ccc(N3CCCC(C(N)=O)C3)nc2)c1. The number of hydrogen-bond acceptors (Lipinski definition) is 6. The predicted molar refractivity (Wildman–Crippen MR) is 123 cm³/mol. The molecule has 1 aromatic heterocycles. The summed E-state index contributed by atoms with van der Waals surface area (Å²) in [5.74, 6) is -1.55. The normalized spacial score (nSPS) is 16.6. The van der Waals surface area contributed by atoms with Crippen LogP contribution in [0, 0.1) is 11.7 Å². The second kappa shape index (κ2) is 10.3. The molecule has 3 rings (SSSR count). The van der Waals surface area contributed by atoms with Crippen LogP contribution in [0.15, 0.2) is 41.4 Å². The number of piperidine rings is 1. The number of carbonyl (C=O) groups is 2. The highest BCUT2D eigenvalue weighted by Crippen LogP contribution is 2.23. The first-order chi connectivity index (χ1) is 15.7.